The lowest BCUT2D eigenvalue weighted by Gasteiger charge is -2.59. The first-order valence-electron chi connectivity index (χ1n) is 14.2. The molecule has 0 radical (unpaired) electrons. The van der Waals surface area contributed by atoms with E-state index in [1.807, 2.05) is 13.8 Å². The van der Waals surface area contributed by atoms with Gasteiger partial charge in [0.1, 0.15) is 0 Å². The summed E-state index contributed by atoms with van der Waals surface area (Å²) in [6.07, 6.45) is 8.39. The van der Waals surface area contributed by atoms with Crippen LogP contribution in [0.2, 0.25) is 0 Å². The largest absolute Gasteiger partial charge is 0.425 e. The zero-order chi connectivity index (χ0) is 26.9. The molecule has 1 aromatic carbocycles. The van der Waals surface area contributed by atoms with Crippen LogP contribution in [-0.4, -0.2) is 22.0 Å². The van der Waals surface area contributed by atoms with Crippen molar-refractivity contribution in [1.82, 2.24) is 0 Å². The molecule has 204 valence electrons. The van der Waals surface area contributed by atoms with Crippen LogP contribution in [0, 0.1) is 40.4 Å². The van der Waals surface area contributed by atoms with Gasteiger partial charge in [-0.25, -0.2) is 0 Å². The Kier molecular flexibility index (Phi) is 6.55. The van der Waals surface area contributed by atoms with Gasteiger partial charge in [-0.05, 0) is 110 Å². The third kappa shape index (κ3) is 4.33. The van der Waals surface area contributed by atoms with E-state index in [1.165, 1.54) is 29.8 Å². The molecule has 0 aromatic heterocycles. The molecule has 0 bridgehead atoms. The lowest BCUT2D eigenvalue weighted by molar-refractivity contribution is -0.245. The van der Waals surface area contributed by atoms with Crippen molar-refractivity contribution in [1.29, 1.82) is 0 Å². The van der Waals surface area contributed by atoms with Crippen molar-refractivity contribution in [3.63, 3.8) is 0 Å². The molecule has 1 unspecified atom stereocenters. The molecular weight excluding hydrogens is 473 g/mol. The molecule has 2 N–H and O–H groups in total. The minimum atomic E-state index is -4.79. The van der Waals surface area contributed by atoms with E-state index in [0.717, 1.165) is 57.4 Å². The maximum absolute atomic E-state index is 14.0. The molecule has 5 heteroatoms. The summed E-state index contributed by atoms with van der Waals surface area (Å²) in [6.45, 7) is 8.81. The molecule has 3 fully saturated rings. The van der Waals surface area contributed by atoms with Crippen molar-refractivity contribution in [2.24, 2.45) is 40.4 Å². The summed E-state index contributed by atoms with van der Waals surface area (Å²) in [6, 6.07) is 7.39. The zero-order valence-corrected chi connectivity index (χ0v) is 22.7. The van der Waals surface area contributed by atoms with Crippen LogP contribution in [0.1, 0.15) is 84.6 Å². The molecule has 0 heterocycles. The highest BCUT2D eigenvalue weighted by Gasteiger charge is 2.60. The smallest absolute Gasteiger partial charge is 0.390 e. The van der Waals surface area contributed by atoms with E-state index in [2.05, 4.69) is 19.9 Å². The standard InChI is InChI=1S/C32H43F3O2/c1-21(14-17-31(37,32(33,34)35)22-8-6-5-7-9-22)25-12-13-26-24-11-10-23-20-28(2,36)18-19-29(23,3)27(24)15-16-30(25,26)4/h5-10,14,17,21,24-27,36-37H,11-13,15-16,18-20H2,1-4H3/b17-14+/t21-,24+,25-,26+,27+,28+,29+,30-,31?/m1/s1. The monoisotopic (exact) mass is 516 g/mol. The highest BCUT2D eigenvalue weighted by atomic mass is 19.4. The Morgan fingerprint density at radius 3 is 2.35 bits per heavy atom. The van der Waals surface area contributed by atoms with E-state index in [0.29, 0.717) is 23.7 Å². The Morgan fingerprint density at radius 1 is 0.973 bits per heavy atom. The maximum atomic E-state index is 14.0. The summed E-state index contributed by atoms with van der Waals surface area (Å²) in [5, 5.41) is 21.5. The molecule has 3 saturated carbocycles. The van der Waals surface area contributed by atoms with Gasteiger partial charge >= 0.3 is 6.18 Å². The molecule has 0 aliphatic heterocycles. The molecule has 4 aliphatic carbocycles. The lowest BCUT2D eigenvalue weighted by Crippen LogP contribution is -2.52. The summed E-state index contributed by atoms with van der Waals surface area (Å²) in [5.41, 5.74) is -2.02. The molecule has 2 nitrogen and oxygen atoms in total. The first-order chi connectivity index (χ1) is 17.2. The van der Waals surface area contributed by atoms with Gasteiger partial charge in [-0.3, -0.25) is 0 Å². The third-order valence-electron chi connectivity index (χ3n) is 11.4. The number of halogens is 3. The fourth-order valence-corrected chi connectivity index (χ4v) is 9.18. The van der Waals surface area contributed by atoms with Crippen molar-refractivity contribution in [3.8, 4) is 0 Å². The minimum absolute atomic E-state index is 0.0563. The van der Waals surface area contributed by atoms with Crippen molar-refractivity contribution >= 4 is 0 Å². The van der Waals surface area contributed by atoms with Crippen LogP contribution in [0.15, 0.2) is 54.1 Å². The van der Waals surface area contributed by atoms with Crippen LogP contribution >= 0.6 is 0 Å². The number of hydrogen-bond donors (Lipinski definition) is 2. The summed E-state index contributed by atoms with van der Waals surface area (Å²) in [4.78, 5) is 0. The van der Waals surface area contributed by atoms with Crippen LogP contribution in [0.5, 0.6) is 0 Å². The van der Waals surface area contributed by atoms with E-state index in [4.69, 9.17) is 0 Å². The van der Waals surface area contributed by atoms with Gasteiger partial charge in [0.05, 0.1) is 5.60 Å². The number of benzene rings is 1. The fourth-order valence-electron chi connectivity index (χ4n) is 9.18. The van der Waals surface area contributed by atoms with Gasteiger partial charge in [0.2, 0.25) is 5.60 Å². The van der Waals surface area contributed by atoms with Crippen LogP contribution in [0.25, 0.3) is 0 Å². The lowest BCUT2D eigenvalue weighted by atomic mass is 9.46. The molecule has 0 spiro atoms. The van der Waals surface area contributed by atoms with E-state index in [-0.39, 0.29) is 22.3 Å². The first kappa shape index (κ1) is 27.0. The Morgan fingerprint density at radius 2 is 1.68 bits per heavy atom. The van der Waals surface area contributed by atoms with Crippen molar-refractivity contribution in [2.45, 2.75) is 96.4 Å². The van der Waals surface area contributed by atoms with Gasteiger partial charge in [0, 0.05) is 0 Å². The predicted octanol–water partition coefficient (Wildman–Crippen LogP) is 7.96. The van der Waals surface area contributed by atoms with E-state index in [1.54, 1.807) is 12.1 Å². The molecule has 0 amide bonds. The Labute approximate surface area is 220 Å². The third-order valence-corrected chi connectivity index (χ3v) is 11.4. The molecule has 9 atom stereocenters. The van der Waals surface area contributed by atoms with Crippen LogP contribution in [0.3, 0.4) is 0 Å². The van der Waals surface area contributed by atoms with Gasteiger partial charge < -0.3 is 10.2 Å². The van der Waals surface area contributed by atoms with Crippen LogP contribution in [0.4, 0.5) is 13.2 Å². The Hall–Kier alpha value is -1.59. The molecular formula is C32H43F3O2. The quantitative estimate of drug-likeness (QED) is 0.399. The molecule has 4 aliphatic rings. The van der Waals surface area contributed by atoms with Gasteiger partial charge in [0.15, 0.2) is 0 Å². The second-order valence-corrected chi connectivity index (χ2v) is 13.5. The fraction of sp³-hybridized carbons (Fsp3) is 0.688. The normalized spacial score (nSPS) is 42.4. The summed E-state index contributed by atoms with van der Waals surface area (Å²) < 4.78 is 42.1. The summed E-state index contributed by atoms with van der Waals surface area (Å²) >= 11 is 0. The number of hydrogen-bond acceptors (Lipinski definition) is 2. The van der Waals surface area contributed by atoms with Gasteiger partial charge in [-0.15, -0.1) is 0 Å². The highest BCUT2D eigenvalue weighted by molar-refractivity contribution is 5.30. The summed E-state index contributed by atoms with van der Waals surface area (Å²) in [7, 11) is 0. The second kappa shape index (κ2) is 8.98. The van der Waals surface area contributed by atoms with Crippen LogP contribution in [-0.2, 0) is 5.60 Å². The highest BCUT2D eigenvalue weighted by Crippen LogP contribution is 2.67. The topological polar surface area (TPSA) is 40.5 Å². The van der Waals surface area contributed by atoms with Gasteiger partial charge in [-0.2, -0.15) is 13.2 Å². The molecule has 5 rings (SSSR count). The maximum Gasteiger partial charge on any atom is 0.425 e. The van der Waals surface area contributed by atoms with E-state index < -0.39 is 17.4 Å². The van der Waals surface area contributed by atoms with Crippen LogP contribution < -0.4 is 0 Å². The van der Waals surface area contributed by atoms with Crippen molar-refractivity contribution in [2.75, 3.05) is 0 Å². The molecule has 1 aromatic rings. The van der Waals surface area contributed by atoms with E-state index >= 15 is 0 Å². The minimum Gasteiger partial charge on any atom is -0.390 e. The zero-order valence-electron chi connectivity index (χ0n) is 22.7. The number of aliphatic hydroxyl groups is 2. The average molecular weight is 517 g/mol. The Bertz CT molecular complexity index is 1060. The number of fused-ring (bicyclic) bond motifs is 5. The van der Waals surface area contributed by atoms with E-state index in [9.17, 15) is 23.4 Å². The SMILES string of the molecule is C[C@H](/C=C/C(O)(c1ccccc1)C(F)(F)F)[C@H]1CC[C@H]2[C@@H]3CC=C4C[C@@](C)(O)CC[C@]4(C)[C@H]3CC[C@]12C. The predicted molar refractivity (Wildman–Crippen MR) is 141 cm³/mol. The molecule has 0 saturated heterocycles. The van der Waals surface area contributed by atoms with Gasteiger partial charge in [0.25, 0.3) is 0 Å². The number of allylic oxidation sites excluding steroid dienone is 2. The first-order valence-corrected chi connectivity index (χ1v) is 14.2. The second-order valence-electron chi connectivity index (χ2n) is 13.5. The Balaban J connectivity index is 1.37. The summed E-state index contributed by atoms with van der Waals surface area (Å²) in [5.74, 6) is 2.04. The van der Waals surface area contributed by atoms with Crippen molar-refractivity contribution in [3.05, 3.63) is 59.7 Å². The molecule has 37 heavy (non-hydrogen) atoms. The van der Waals surface area contributed by atoms with Gasteiger partial charge in [-0.1, -0.05) is 68.8 Å². The van der Waals surface area contributed by atoms with Crippen molar-refractivity contribution < 1.29 is 23.4 Å². The average Bonchev–Trinajstić information content (AvgIpc) is 3.20. The number of rotatable bonds is 4. The number of alkyl halides is 3.